The number of nitrogens with zero attached hydrogens (tertiary/aromatic N) is 1. The molecule has 4 atom stereocenters. The maximum Gasteiger partial charge on any atom is 0.313 e. The summed E-state index contributed by atoms with van der Waals surface area (Å²) >= 11 is 0. The largest absolute Gasteiger partial charge is 0.460 e. The summed E-state index contributed by atoms with van der Waals surface area (Å²) in [4.78, 5) is 14.6. The Kier molecular flexibility index (Phi) is 6.78. The molecule has 1 N–H and O–H groups in total. The maximum atomic E-state index is 12.5. The quantitative estimate of drug-likeness (QED) is 0.816. The molecule has 0 aliphatic carbocycles. The van der Waals surface area contributed by atoms with Crippen LogP contribution >= 0.6 is 0 Å². The number of benzene rings is 1. The Hall–Kier alpha value is -1.39. The molecular weight excluding hydrogens is 290 g/mol. The van der Waals surface area contributed by atoms with E-state index in [2.05, 4.69) is 24.0 Å². The number of ether oxygens (including phenoxy) is 1. The molecule has 0 spiro atoms. The molecule has 0 radical (unpaired) electrons. The van der Waals surface area contributed by atoms with E-state index >= 15 is 0 Å². The van der Waals surface area contributed by atoms with E-state index in [1.807, 2.05) is 52.9 Å². The Labute approximate surface area is 140 Å². The summed E-state index contributed by atoms with van der Waals surface area (Å²) in [5.41, 5.74) is 0.614. The second-order valence-corrected chi connectivity index (χ2v) is 7.29. The van der Waals surface area contributed by atoms with Crippen LogP contribution in [0.3, 0.4) is 0 Å². The van der Waals surface area contributed by atoms with Gasteiger partial charge in [0.05, 0.1) is 12.0 Å². The van der Waals surface area contributed by atoms with Crippen LogP contribution < -0.4 is 0 Å². The number of hydrogen-bond donors (Lipinski definition) is 1. The molecule has 0 bridgehead atoms. The highest BCUT2D eigenvalue weighted by Gasteiger charge is 2.36. The Balaban J connectivity index is 2.92. The Morgan fingerprint density at radius 3 is 2.09 bits per heavy atom. The summed E-state index contributed by atoms with van der Waals surface area (Å²) in [5.74, 6) is -0.947. The molecule has 0 fully saturated rings. The molecule has 1 aromatic rings. The number of esters is 1. The van der Waals surface area contributed by atoms with Gasteiger partial charge in [0.15, 0.2) is 0 Å². The van der Waals surface area contributed by atoms with Crippen LogP contribution in [0.4, 0.5) is 0 Å². The van der Waals surface area contributed by atoms with Crippen molar-refractivity contribution in [2.24, 2.45) is 5.92 Å². The first-order chi connectivity index (χ1) is 10.5. The number of hydrogen-bond acceptors (Lipinski definition) is 4. The lowest BCUT2D eigenvalue weighted by atomic mass is 9.92. The molecule has 1 aromatic carbocycles. The zero-order valence-corrected chi connectivity index (χ0v) is 15.4. The number of rotatable bonds is 6. The van der Waals surface area contributed by atoms with Crippen molar-refractivity contribution in [3.8, 4) is 0 Å². The minimum absolute atomic E-state index is 0.134. The fraction of sp³-hybridized carbons (Fsp3) is 0.632. The third-order valence-electron chi connectivity index (χ3n) is 4.25. The van der Waals surface area contributed by atoms with Crippen molar-refractivity contribution >= 4 is 5.97 Å². The van der Waals surface area contributed by atoms with Gasteiger partial charge in [-0.25, -0.2) is 0 Å². The summed E-state index contributed by atoms with van der Waals surface area (Å²) < 4.78 is 5.49. The lowest BCUT2D eigenvalue weighted by Gasteiger charge is -2.37. The van der Waals surface area contributed by atoms with Crippen LogP contribution in [0.15, 0.2) is 30.3 Å². The van der Waals surface area contributed by atoms with Gasteiger partial charge in [-0.1, -0.05) is 30.3 Å². The molecule has 0 saturated heterocycles. The van der Waals surface area contributed by atoms with E-state index < -0.39 is 17.6 Å². The second-order valence-electron chi connectivity index (χ2n) is 7.29. The normalized spacial score (nSPS) is 17.4. The van der Waals surface area contributed by atoms with Gasteiger partial charge in [0.25, 0.3) is 0 Å². The summed E-state index contributed by atoms with van der Waals surface area (Å²) in [6.45, 7) is 11.2. The monoisotopic (exact) mass is 321 g/mol. The molecule has 0 amide bonds. The van der Waals surface area contributed by atoms with Gasteiger partial charge in [-0.15, -0.1) is 0 Å². The second kappa shape index (κ2) is 7.93. The van der Waals surface area contributed by atoms with E-state index in [4.69, 9.17) is 4.74 Å². The van der Waals surface area contributed by atoms with Crippen molar-refractivity contribution in [1.29, 1.82) is 0 Å². The van der Waals surface area contributed by atoms with E-state index in [1.54, 1.807) is 6.92 Å². The molecule has 0 saturated carbocycles. The predicted octanol–water partition coefficient (Wildman–Crippen LogP) is 3.41. The van der Waals surface area contributed by atoms with Crippen molar-refractivity contribution in [2.45, 2.75) is 65.3 Å². The molecular formula is C19H31NO3. The van der Waals surface area contributed by atoms with Crippen molar-refractivity contribution < 1.29 is 14.6 Å². The highest BCUT2D eigenvalue weighted by Crippen LogP contribution is 2.26. The standard InChI is InChI=1S/C19H31NO3/c1-13(16-11-9-8-10-12-16)20(7)14(2)17(15(3)21)18(22)23-19(4,5)6/h8-15,17,21H,1-7H3/t13-,14-,15-,17+/m1/s1. The van der Waals surface area contributed by atoms with Gasteiger partial charge < -0.3 is 9.84 Å². The number of carbonyl (C=O) groups excluding carboxylic acids is 1. The lowest BCUT2D eigenvalue weighted by molar-refractivity contribution is -0.167. The van der Waals surface area contributed by atoms with E-state index in [0.29, 0.717) is 0 Å². The van der Waals surface area contributed by atoms with Gasteiger partial charge in [0.1, 0.15) is 5.60 Å². The van der Waals surface area contributed by atoms with Gasteiger partial charge in [-0.05, 0) is 54.2 Å². The van der Waals surface area contributed by atoms with Crippen molar-refractivity contribution in [3.63, 3.8) is 0 Å². The van der Waals surface area contributed by atoms with Crippen LogP contribution in [0, 0.1) is 5.92 Å². The summed E-state index contributed by atoms with van der Waals surface area (Å²) in [6, 6.07) is 10.1. The number of aliphatic hydroxyl groups excluding tert-OH is 1. The fourth-order valence-electron chi connectivity index (χ4n) is 2.74. The average Bonchev–Trinajstić information content (AvgIpc) is 2.44. The zero-order chi connectivity index (χ0) is 17.8. The zero-order valence-electron chi connectivity index (χ0n) is 15.4. The average molecular weight is 321 g/mol. The van der Waals surface area contributed by atoms with Crippen LogP contribution in [0.5, 0.6) is 0 Å². The van der Waals surface area contributed by atoms with Gasteiger partial charge >= 0.3 is 5.97 Å². The highest BCUT2D eigenvalue weighted by molar-refractivity contribution is 5.74. The Bertz CT molecular complexity index is 493. The molecule has 23 heavy (non-hydrogen) atoms. The molecule has 0 aromatic heterocycles. The lowest BCUT2D eigenvalue weighted by Crippen LogP contribution is -2.47. The van der Waals surface area contributed by atoms with Gasteiger partial charge in [-0.3, -0.25) is 9.69 Å². The molecule has 4 nitrogen and oxygen atoms in total. The summed E-state index contributed by atoms with van der Waals surface area (Å²) in [5, 5.41) is 10.1. The van der Waals surface area contributed by atoms with Crippen LogP contribution in [-0.4, -0.2) is 40.8 Å². The van der Waals surface area contributed by atoms with Crippen LogP contribution in [0.2, 0.25) is 0 Å². The SMILES string of the molecule is C[C@H](c1ccccc1)N(C)[C@H](C)[C@H](C(=O)OC(C)(C)C)[C@@H](C)O. The first-order valence-corrected chi connectivity index (χ1v) is 8.22. The molecule has 0 unspecified atom stereocenters. The predicted molar refractivity (Wildman–Crippen MR) is 93.1 cm³/mol. The van der Waals surface area contributed by atoms with Gasteiger partial charge in [0.2, 0.25) is 0 Å². The molecule has 0 aliphatic rings. The minimum Gasteiger partial charge on any atom is -0.460 e. The van der Waals surface area contributed by atoms with E-state index in [9.17, 15) is 9.90 Å². The highest BCUT2D eigenvalue weighted by atomic mass is 16.6. The first-order valence-electron chi connectivity index (χ1n) is 8.22. The van der Waals surface area contributed by atoms with Crippen molar-refractivity contribution in [3.05, 3.63) is 35.9 Å². The third-order valence-corrected chi connectivity index (χ3v) is 4.25. The van der Waals surface area contributed by atoms with Gasteiger partial charge in [-0.2, -0.15) is 0 Å². The minimum atomic E-state index is -0.773. The van der Waals surface area contributed by atoms with Crippen molar-refractivity contribution in [2.75, 3.05) is 7.05 Å². The molecule has 0 aliphatic heterocycles. The number of aliphatic hydroxyl groups is 1. The number of carbonyl (C=O) groups is 1. The van der Waals surface area contributed by atoms with Crippen LogP contribution in [0.1, 0.15) is 53.1 Å². The maximum absolute atomic E-state index is 12.5. The van der Waals surface area contributed by atoms with Crippen LogP contribution in [0.25, 0.3) is 0 Å². The molecule has 0 heterocycles. The fourth-order valence-corrected chi connectivity index (χ4v) is 2.74. The Morgan fingerprint density at radius 1 is 1.13 bits per heavy atom. The molecule has 130 valence electrons. The van der Waals surface area contributed by atoms with E-state index in [0.717, 1.165) is 0 Å². The van der Waals surface area contributed by atoms with Crippen LogP contribution in [-0.2, 0) is 9.53 Å². The van der Waals surface area contributed by atoms with E-state index in [1.165, 1.54) is 5.56 Å². The smallest absolute Gasteiger partial charge is 0.313 e. The summed E-state index contributed by atoms with van der Waals surface area (Å²) in [6.07, 6.45) is -0.773. The Morgan fingerprint density at radius 2 is 1.65 bits per heavy atom. The van der Waals surface area contributed by atoms with E-state index in [-0.39, 0.29) is 18.1 Å². The van der Waals surface area contributed by atoms with Gasteiger partial charge in [0, 0.05) is 12.1 Å². The molecule has 1 rings (SSSR count). The topological polar surface area (TPSA) is 49.8 Å². The third kappa shape index (κ3) is 5.63. The molecule has 4 heteroatoms. The first kappa shape index (κ1) is 19.7. The summed E-state index contributed by atoms with van der Waals surface area (Å²) in [7, 11) is 1.97. The van der Waals surface area contributed by atoms with Crippen molar-refractivity contribution in [1.82, 2.24) is 4.90 Å².